The van der Waals surface area contributed by atoms with Crippen LogP contribution in [-0.4, -0.2) is 26.2 Å². The molecule has 68 valence electrons. The maximum Gasteiger partial charge on any atom is 0.308 e. The predicted octanol–water partition coefficient (Wildman–Crippen LogP) is 0.405. The maximum absolute atomic E-state index is 11.1. The SMILES string of the molecule is COC(=O)[C@@H]1C[C@H]1C1CCNC1. The Morgan fingerprint density at radius 2 is 2.42 bits per heavy atom. The van der Waals surface area contributed by atoms with Gasteiger partial charge in [0, 0.05) is 0 Å². The number of ether oxygens (including phenoxy) is 1. The molecule has 12 heavy (non-hydrogen) atoms. The Morgan fingerprint density at radius 3 is 3.00 bits per heavy atom. The van der Waals surface area contributed by atoms with E-state index in [9.17, 15) is 4.79 Å². The smallest absolute Gasteiger partial charge is 0.308 e. The predicted molar refractivity (Wildman–Crippen MR) is 44.6 cm³/mol. The van der Waals surface area contributed by atoms with E-state index in [1.165, 1.54) is 13.5 Å². The number of carbonyl (C=O) groups is 1. The molecule has 0 aromatic rings. The summed E-state index contributed by atoms with van der Waals surface area (Å²) in [7, 11) is 1.48. The second-order valence-corrected chi connectivity index (χ2v) is 3.78. The van der Waals surface area contributed by atoms with E-state index in [0.717, 1.165) is 25.4 Å². The minimum atomic E-state index is -0.00750. The Hall–Kier alpha value is -0.570. The fourth-order valence-corrected chi connectivity index (χ4v) is 2.20. The molecule has 0 amide bonds. The zero-order valence-corrected chi connectivity index (χ0v) is 7.38. The number of nitrogens with one attached hydrogen (secondary N) is 1. The highest BCUT2D eigenvalue weighted by Crippen LogP contribution is 2.46. The zero-order valence-electron chi connectivity index (χ0n) is 7.38. The molecule has 2 fully saturated rings. The fraction of sp³-hybridized carbons (Fsp3) is 0.889. The molecule has 1 heterocycles. The summed E-state index contributed by atoms with van der Waals surface area (Å²) >= 11 is 0. The highest BCUT2D eigenvalue weighted by molar-refractivity contribution is 5.75. The minimum Gasteiger partial charge on any atom is -0.469 e. The van der Waals surface area contributed by atoms with E-state index in [4.69, 9.17) is 4.74 Å². The molecule has 0 radical (unpaired) electrons. The van der Waals surface area contributed by atoms with E-state index in [0.29, 0.717) is 5.92 Å². The lowest BCUT2D eigenvalue weighted by molar-refractivity contribution is -0.142. The lowest BCUT2D eigenvalue weighted by Crippen LogP contribution is -2.13. The van der Waals surface area contributed by atoms with Gasteiger partial charge in [-0.2, -0.15) is 0 Å². The molecule has 2 aliphatic rings. The topological polar surface area (TPSA) is 38.3 Å². The second kappa shape index (κ2) is 3.05. The van der Waals surface area contributed by atoms with Gasteiger partial charge < -0.3 is 10.1 Å². The lowest BCUT2D eigenvalue weighted by Gasteiger charge is -2.05. The number of hydrogen-bond acceptors (Lipinski definition) is 3. The number of esters is 1. The van der Waals surface area contributed by atoms with Crippen LogP contribution in [0.5, 0.6) is 0 Å². The van der Waals surface area contributed by atoms with Gasteiger partial charge in [0.25, 0.3) is 0 Å². The Labute approximate surface area is 72.5 Å². The van der Waals surface area contributed by atoms with Crippen LogP contribution >= 0.6 is 0 Å². The molecule has 3 heteroatoms. The first-order valence-corrected chi connectivity index (χ1v) is 4.61. The van der Waals surface area contributed by atoms with Crippen molar-refractivity contribution in [3.63, 3.8) is 0 Å². The van der Waals surface area contributed by atoms with Gasteiger partial charge in [-0.3, -0.25) is 4.79 Å². The molecular formula is C9H15NO2. The summed E-state index contributed by atoms with van der Waals surface area (Å²) in [6, 6.07) is 0. The van der Waals surface area contributed by atoms with Crippen LogP contribution in [0.2, 0.25) is 0 Å². The normalized spacial score (nSPS) is 39.6. The summed E-state index contributed by atoms with van der Waals surface area (Å²) < 4.78 is 4.70. The summed E-state index contributed by atoms with van der Waals surface area (Å²) in [4.78, 5) is 11.1. The molecule has 0 spiro atoms. The second-order valence-electron chi connectivity index (χ2n) is 3.78. The van der Waals surface area contributed by atoms with Crippen molar-refractivity contribution in [1.82, 2.24) is 5.32 Å². The number of methoxy groups -OCH3 is 1. The van der Waals surface area contributed by atoms with Gasteiger partial charge in [-0.05, 0) is 37.8 Å². The van der Waals surface area contributed by atoms with E-state index < -0.39 is 0 Å². The van der Waals surface area contributed by atoms with Crippen LogP contribution < -0.4 is 5.32 Å². The zero-order chi connectivity index (χ0) is 8.55. The van der Waals surface area contributed by atoms with E-state index in [-0.39, 0.29) is 11.9 Å². The molecule has 1 saturated heterocycles. The summed E-state index contributed by atoms with van der Waals surface area (Å²) in [6.45, 7) is 2.22. The van der Waals surface area contributed by atoms with Crippen LogP contribution in [0.15, 0.2) is 0 Å². The van der Waals surface area contributed by atoms with E-state index in [1.54, 1.807) is 0 Å². The third-order valence-corrected chi connectivity index (χ3v) is 3.05. The van der Waals surface area contributed by atoms with Crippen molar-refractivity contribution < 1.29 is 9.53 Å². The number of carbonyl (C=O) groups excluding carboxylic acids is 1. The van der Waals surface area contributed by atoms with Crippen LogP contribution in [0.1, 0.15) is 12.8 Å². The molecule has 1 N–H and O–H groups in total. The van der Waals surface area contributed by atoms with Crippen molar-refractivity contribution in [3.8, 4) is 0 Å². The van der Waals surface area contributed by atoms with Gasteiger partial charge in [0.2, 0.25) is 0 Å². The first-order valence-electron chi connectivity index (χ1n) is 4.61. The Morgan fingerprint density at radius 1 is 1.58 bits per heavy atom. The average molecular weight is 169 g/mol. The van der Waals surface area contributed by atoms with Crippen molar-refractivity contribution in [3.05, 3.63) is 0 Å². The van der Waals surface area contributed by atoms with Crippen molar-refractivity contribution >= 4 is 5.97 Å². The van der Waals surface area contributed by atoms with Gasteiger partial charge in [0.1, 0.15) is 0 Å². The van der Waals surface area contributed by atoms with Crippen molar-refractivity contribution in [2.45, 2.75) is 12.8 Å². The van der Waals surface area contributed by atoms with Gasteiger partial charge >= 0.3 is 5.97 Å². The first kappa shape index (κ1) is 8.05. The molecule has 1 aliphatic heterocycles. The number of rotatable bonds is 2. The molecule has 0 bridgehead atoms. The van der Waals surface area contributed by atoms with Crippen LogP contribution in [0.4, 0.5) is 0 Å². The molecule has 1 aliphatic carbocycles. The third-order valence-electron chi connectivity index (χ3n) is 3.05. The Balaban J connectivity index is 1.82. The minimum absolute atomic E-state index is 0.00750. The fourth-order valence-electron chi connectivity index (χ4n) is 2.20. The van der Waals surface area contributed by atoms with Crippen molar-refractivity contribution in [2.24, 2.45) is 17.8 Å². The Bertz CT molecular complexity index is 187. The molecule has 3 atom stereocenters. The maximum atomic E-state index is 11.1. The molecule has 0 aromatic carbocycles. The Kier molecular flexibility index (Phi) is 2.05. The highest BCUT2D eigenvalue weighted by atomic mass is 16.5. The summed E-state index contributed by atoms with van der Waals surface area (Å²) in [5, 5.41) is 3.32. The lowest BCUT2D eigenvalue weighted by atomic mass is 10.0. The molecule has 3 nitrogen and oxygen atoms in total. The first-order chi connectivity index (χ1) is 5.83. The van der Waals surface area contributed by atoms with Gasteiger partial charge in [0.15, 0.2) is 0 Å². The summed E-state index contributed by atoms with van der Waals surface area (Å²) in [5.41, 5.74) is 0. The summed E-state index contributed by atoms with van der Waals surface area (Å²) in [5.74, 6) is 1.56. The van der Waals surface area contributed by atoms with E-state index in [1.807, 2.05) is 0 Å². The van der Waals surface area contributed by atoms with Crippen LogP contribution in [0.25, 0.3) is 0 Å². The van der Waals surface area contributed by atoms with Gasteiger partial charge in [-0.1, -0.05) is 0 Å². The van der Waals surface area contributed by atoms with Gasteiger partial charge in [-0.25, -0.2) is 0 Å². The molecule has 2 rings (SSSR count). The van der Waals surface area contributed by atoms with Crippen LogP contribution in [0.3, 0.4) is 0 Å². The van der Waals surface area contributed by atoms with Gasteiger partial charge in [-0.15, -0.1) is 0 Å². The molecular weight excluding hydrogens is 154 g/mol. The molecule has 1 unspecified atom stereocenters. The van der Waals surface area contributed by atoms with E-state index in [2.05, 4.69) is 5.32 Å². The van der Waals surface area contributed by atoms with Gasteiger partial charge in [0.05, 0.1) is 13.0 Å². The highest BCUT2D eigenvalue weighted by Gasteiger charge is 2.48. The number of hydrogen-bond donors (Lipinski definition) is 1. The van der Waals surface area contributed by atoms with Crippen molar-refractivity contribution in [2.75, 3.05) is 20.2 Å². The third kappa shape index (κ3) is 1.33. The van der Waals surface area contributed by atoms with Crippen LogP contribution in [0, 0.1) is 17.8 Å². The molecule has 1 saturated carbocycles. The monoisotopic (exact) mass is 169 g/mol. The van der Waals surface area contributed by atoms with Crippen LogP contribution in [-0.2, 0) is 9.53 Å². The summed E-state index contributed by atoms with van der Waals surface area (Å²) in [6.07, 6.45) is 2.29. The molecule has 0 aromatic heterocycles. The largest absolute Gasteiger partial charge is 0.469 e. The average Bonchev–Trinajstić information content (AvgIpc) is 2.71. The standard InChI is InChI=1S/C9H15NO2/c1-12-9(11)8-4-7(8)6-2-3-10-5-6/h6-8,10H,2-5H2,1H3/t6?,7-,8+/m0/s1. The van der Waals surface area contributed by atoms with E-state index >= 15 is 0 Å². The quantitative estimate of drug-likeness (QED) is 0.608. The van der Waals surface area contributed by atoms with Crippen molar-refractivity contribution in [1.29, 1.82) is 0 Å².